The number of hydrogen-bond donors (Lipinski definition) is 3. The fourth-order valence-electron chi connectivity index (χ4n) is 4.58. The topological polar surface area (TPSA) is 115 Å². The Morgan fingerprint density at radius 1 is 1.38 bits per heavy atom. The van der Waals surface area contributed by atoms with Gasteiger partial charge < -0.3 is 20.9 Å². The van der Waals surface area contributed by atoms with Crippen LogP contribution < -0.4 is 15.8 Å². The molecular formula is C24H29ClFN5O3. The number of hydrogen-bond acceptors (Lipinski definition) is 6. The highest BCUT2D eigenvalue weighted by Crippen LogP contribution is 2.40. The van der Waals surface area contributed by atoms with E-state index in [1.165, 1.54) is 6.07 Å². The van der Waals surface area contributed by atoms with Gasteiger partial charge in [-0.15, -0.1) is 0 Å². The van der Waals surface area contributed by atoms with Gasteiger partial charge in [0.25, 0.3) is 5.91 Å². The Hall–Kier alpha value is -2.91. The van der Waals surface area contributed by atoms with E-state index in [9.17, 15) is 9.90 Å². The molecule has 1 aromatic carbocycles. The smallest absolute Gasteiger partial charge is 0.258 e. The molecule has 0 radical (unpaired) electrons. The maximum atomic E-state index is 15.3. The number of anilines is 1. The van der Waals surface area contributed by atoms with Crippen LogP contribution in [0.3, 0.4) is 0 Å². The Morgan fingerprint density at radius 2 is 2.12 bits per heavy atom. The van der Waals surface area contributed by atoms with Crippen LogP contribution in [0, 0.1) is 12.7 Å². The largest absolute Gasteiger partial charge is 0.490 e. The van der Waals surface area contributed by atoms with Gasteiger partial charge in [0.15, 0.2) is 5.82 Å². The Balaban J connectivity index is 1.84. The number of benzene rings is 1. The molecule has 8 nitrogen and oxygen atoms in total. The number of carbonyl (C=O) groups is 1. The van der Waals surface area contributed by atoms with Crippen LogP contribution in [0.1, 0.15) is 73.4 Å². The van der Waals surface area contributed by atoms with Gasteiger partial charge in [0.2, 0.25) is 0 Å². The Bertz CT molecular complexity index is 1250. The average Bonchev–Trinajstić information content (AvgIpc) is 3.33. The van der Waals surface area contributed by atoms with Crippen molar-refractivity contribution in [2.24, 2.45) is 0 Å². The lowest BCUT2D eigenvalue weighted by Crippen LogP contribution is -2.34. The zero-order valence-corrected chi connectivity index (χ0v) is 20.4. The molecule has 1 aliphatic rings. The molecule has 0 bridgehead atoms. The Kier molecular flexibility index (Phi) is 6.69. The molecular weight excluding hydrogens is 461 g/mol. The first kappa shape index (κ1) is 24.2. The van der Waals surface area contributed by atoms with Crippen molar-refractivity contribution in [2.75, 3.05) is 5.73 Å². The number of fused-ring (bicyclic) bond motifs is 1. The van der Waals surface area contributed by atoms with Crippen LogP contribution >= 0.6 is 11.6 Å². The number of aliphatic hydroxyl groups is 1. The fourth-order valence-corrected chi connectivity index (χ4v) is 4.79. The number of aromatic nitrogens is 3. The molecule has 1 amide bonds. The van der Waals surface area contributed by atoms with Crippen molar-refractivity contribution in [2.45, 2.75) is 71.1 Å². The Labute approximate surface area is 202 Å². The summed E-state index contributed by atoms with van der Waals surface area (Å²) in [6.45, 7) is 7.33. The molecule has 1 aliphatic carbocycles. The van der Waals surface area contributed by atoms with Gasteiger partial charge in [0.05, 0.1) is 22.9 Å². The molecule has 34 heavy (non-hydrogen) atoms. The predicted molar refractivity (Wildman–Crippen MR) is 128 cm³/mol. The summed E-state index contributed by atoms with van der Waals surface area (Å²) in [6.07, 6.45) is 4.16. The normalized spacial score (nSPS) is 19.1. The molecule has 3 atom stereocenters. The molecule has 0 spiro atoms. The van der Waals surface area contributed by atoms with Crippen molar-refractivity contribution in [3.63, 3.8) is 0 Å². The SMILES string of the molecule is Cc1nc(C(C)c2cc(Cl)c(F)c(C(=O)N[C@@H]3CC[C@@H](O)C3)c2OC(C)C)n2ccnc(N)c12. The number of aryl methyl sites for hydroxylation is 1. The molecule has 2 heterocycles. The molecule has 182 valence electrons. The maximum absolute atomic E-state index is 15.3. The van der Waals surface area contributed by atoms with Crippen molar-refractivity contribution in [3.8, 4) is 5.75 Å². The molecule has 10 heteroatoms. The number of carbonyl (C=O) groups excluding carboxylic acids is 1. The van der Waals surface area contributed by atoms with Gasteiger partial charge in [0.1, 0.15) is 28.5 Å². The number of halogens is 2. The third kappa shape index (κ3) is 4.42. The van der Waals surface area contributed by atoms with Crippen molar-refractivity contribution in [3.05, 3.63) is 51.9 Å². The van der Waals surface area contributed by atoms with E-state index in [2.05, 4.69) is 15.3 Å². The van der Waals surface area contributed by atoms with Gasteiger partial charge in [-0.1, -0.05) is 18.5 Å². The number of rotatable bonds is 6. The van der Waals surface area contributed by atoms with Crippen molar-refractivity contribution >= 4 is 28.8 Å². The van der Waals surface area contributed by atoms with Gasteiger partial charge in [0, 0.05) is 29.9 Å². The summed E-state index contributed by atoms with van der Waals surface area (Å²) >= 11 is 6.28. The van der Waals surface area contributed by atoms with E-state index in [1.54, 1.807) is 26.2 Å². The first-order chi connectivity index (χ1) is 16.1. The summed E-state index contributed by atoms with van der Waals surface area (Å²) in [6, 6.07) is 1.24. The average molecular weight is 490 g/mol. The van der Waals surface area contributed by atoms with Crippen LogP contribution in [0.4, 0.5) is 10.2 Å². The number of nitrogen functional groups attached to an aromatic ring is 1. The standard InChI is InChI=1S/C24H29ClFN5O3/c1-11(2)34-21-16(12(3)23-29-13(4)20-22(27)28-7-8-31(20)23)10-17(25)19(26)18(21)24(33)30-14-5-6-15(32)9-14/h7-8,10-12,14-15,32H,5-6,9H2,1-4H3,(H2,27,28)(H,30,33)/t12?,14-,15-/m1/s1. The molecule has 4 rings (SSSR count). The summed E-state index contributed by atoms with van der Waals surface area (Å²) in [5, 5.41) is 12.5. The lowest BCUT2D eigenvalue weighted by atomic mass is 9.95. The predicted octanol–water partition coefficient (Wildman–Crippen LogP) is 3.99. The summed E-state index contributed by atoms with van der Waals surface area (Å²) in [5.74, 6) is -0.794. The molecule has 0 saturated heterocycles. The van der Waals surface area contributed by atoms with E-state index >= 15 is 4.39 Å². The number of nitrogens with zero attached hydrogens (tertiary/aromatic N) is 3. The minimum absolute atomic E-state index is 0.122. The van der Waals surface area contributed by atoms with Crippen molar-refractivity contribution in [1.29, 1.82) is 0 Å². The van der Waals surface area contributed by atoms with Crippen LogP contribution in [0.5, 0.6) is 5.75 Å². The van der Waals surface area contributed by atoms with Crippen molar-refractivity contribution in [1.82, 2.24) is 19.7 Å². The number of ether oxygens (including phenoxy) is 1. The Morgan fingerprint density at radius 3 is 2.76 bits per heavy atom. The van der Waals surface area contributed by atoms with E-state index in [0.717, 1.165) is 0 Å². The van der Waals surface area contributed by atoms with E-state index in [4.69, 9.17) is 22.1 Å². The summed E-state index contributed by atoms with van der Waals surface area (Å²) in [5.41, 5.74) is 7.72. The molecule has 2 aromatic heterocycles. The second-order valence-electron chi connectivity index (χ2n) is 9.08. The van der Waals surface area contributed by atoms with E-state index in [1.807, 2.05) is 18.2 Å². The van der Waals surface area contributed by atoms with Crippen LogP contribution in [0.2, 0.25) is 5.02 Å². The van der Waals surface area contributed by atoms with Crippen LogP contribution in [0.25, 0.3) is 5.52 Å². The number of nitrogens with one attached hydrogen (secondary N) is 1. The van der Waals surface area contributed by atoms with E-state index in [0.29, 0.717) is 47.7 Å². The van der Waals surface area contributed by atoms with Gasteiger partial charge >= 0.3 is 0 Å². The summed E-state index contributed by atoms with van der Waals surface area (Å²) in [4.78, 5) is 22.1. The lowest BCUT2D eigenvalue weighted by molar-refractivity contribution is 0.0923. The zero-order valence-electron chi connectivity index (χ0n) is 19.6. The van der Waals surface area contributed by atoms with Gasteiger partial charge in [-0.3, -0.25) is 9.20 Å². The minimum Gasteiger partial charge on any atom is -0.490 e. The van der Waals surface area contributed by atoms with Crippen molar-refractivity contribution < 1.29 is 19.0 Å². The number of imidazole rings is 1. The van der Waals surface area contributed by atoms with E-state index < -0.39 is 23.7 Å². The highest BCUT2D eigenvalue weighted by molar-refractivity contribution is 6.31. The third-order valence-electron chi connectivity index (χ3n) is 6.16. The first-order valence-corrected chi connectivity index (χ1v) is 11.7. The minimum atomic E-state index is -0.845. The monoisotopic (exact) mass is 489 g/mol. The molecule has 1 saturated carbocycles. The number of amides is 1. The van der Waals surface area contributed by atoms with Crippen LogP contribution in [-0.4, -0.2) is 43.6 Å². The maximum Gasteiger partial charge on any atom is 0.258 e. The lowest BCUT2D eigenvalue weighted by Gasteiger charge is -2.23. The number of aliphatic hydroxyl groups excluding tert-OH is 1. The highest BCUT2D eigenvalue weighted by atomic mass is 35.5. The molecule has 1 fully saturated rings. The second kappa shape index (κ2) is 9.38. The molecule has 0 aliphatic heterocycles. The van der Waals surface area contributed by atoms with Gasteiger partial charge in [-0.05, 0) is 46.1 Å². The van der Waals surface area contributed by atoms with Gasteiger partial charge in [-0.2, -0.15) is 0 Å². The zero-order chi connectivity index (χ0) is 24.7. The second-order valence-corrected chi connectivity index (χ2v) is 9.48. The number of nitrogens with two attached hydrogens (primary N) is 1. The molecule has 4 N–H and O–H groups in total. The summed E-state index contributed by atoms with van der Waals surface area (Å²) < 4.78 is 23.2. The summed E-state index contributed by atoms with van der Waals surface area (Å²) in [7, 11) is 0. The van der Waals surface area contributed by atoms with Crippen LogP contribution in [0.15, 0.2) is 18.5 Å². The fraction of sp³-hybridized carbons (Fsp3) is 0.458. The highest BCUT2D eigenvalue weighted by Gasteiger charge is 2.32. The van der Waals surface area contributed by atoms with E-state index in [-0.39, 0.29) is 28.5 Å². The van der Waals surface area contributed by atoms with Gasteiger partial charge in [-0.25, -0.2) is 14.4 Å². The van der Waals surface area contributed by atoms with Crippen LogP contribution in [-0.2, 0) is 0 Å². The molecule has 1 unspecified atom stereocenters. The quantitative estimate of drug-likeness (QED) is 0.482. The first-order valence-electron chi connectivity index (χ1n) is 11.3. The third-order valence-corrected chi connectivity index (χ3v) is 6.43. The molecule has 3 aromatic rings.